The van der Waals surface area contributed by atoms with Gasteiger partial charge in [-0.1, -0.05) is 30.7 Å². The molecule has 0 aliphatic rings. The predicted octanol–water partition coefficient (Wildman–Crippen LogP) is 3.63. The van der Waals surface area contributed by atoms with Crippen molar-refractivity contribution in [3.63, 3.8) is 0 Å². The fourth-order valence-electron chi connectivity index (χ4n) is 1.73. The van der Waals surface area contributed by atoms with Gasteiger partial charge in [-0.2, -0.15) is 0 Å². The Morgan fingerprint density at radius 1 is 1.31 bits per heavy atom. The van der Waals surface area contributed by atoms with Crippen molar-refractivity contribution in [3.05, 3.63) is 59.0 Å². The van der Waals surface area contributed by atoms with Crippen molar-refractivity contribution in [1.29, 1.82) is 0 Å². The number of rotatable bonds is 4. The fourth-order valence-corrected chi connectivity index (χ4v) is 1.93. The van der Waals surface area contributed by atoms with Crippen LogP contribution in [0.4, 0.5) is 0 Å². The van der Waals surface area contributed by atoms with E-state index in [1.165, 1.54) is 0 Å². The van der Waals surface area contributed by atoms with E-state index in [2.05, 4.69) is 12.2 Å². The van der Waals surface area contributed by atoms with Crippen LogP contribution >= 0.6 is 11.6 Å². The second-order valence-electron chi connectivity index (χ2n) is 3.56. The van der Waals surface area contributed by atoms with Crippen molar-refractivity contribution in [1.82, 2.24) is 5.32 Å². The summed E-state index contributed by atoms with van der Waals surface area (Å²) < 4.78 is 5.44. The minimum Gasteiger partial charge on any atom is -0.467 e. The molecule has 1 aromatic heterocycles. The van der Waals surface area contributed by atoms with Crippen molar-refractivity contribution in [3.8, 4) is 0 Å². The van der Waals surface area contributed by atoms with Crippen LogP contribution in [0.15, 0.2) is 47.1 Å². The van der Waals surface area contributed by atoms with Crippen LogP contribution in [-0.4, -0.2) is 6.54 Å². The van der Waals surface area contributed by atoms with Gasteiger partial charge in [-0.15, -0.1) is 0 Å². The predicted molar refractivity (Wildman–Crippen MR) is 65.7 cm³/mol. The monoisotopic (exact) mass is 235 g/mol. The lowest BCUT2D eigenvalue weighted by molar-refractivity contribution is 0.452. The van der Waals surface area contributed by atoms with E-state index in [-0.39, 0.29) is 6.04 Å². The third kappa shape index (κ3) is 2.46. The van der Waals surface area contributed by atoms with E-state index in [1.54, 1.807) is 6.26 Å². The van der Waals surface area contributed by atoms with E-state index >= 15 is 0 Å². The molecule has 2 aromatic rings. The van der Waals surface area contributed by atoms with Gasteiger partial charge in [0.15, 0.2) is 0 Å². The summed E-state index contributed by atoms with van der Waals surface area (Å²) in [5.74, 6) is 0.907. The first-order valence-corrected chi connectivity index (χ1v) is 5.71. The Kier molecular flexibility index (Phi) is 3.65. The number of furan rings is 1. The van der Waals surface area contributed by atoms with Gasteiger partial charge in [-0.3, -0.25) is 0 Å². The van der Waals surface area contributed by atoms with E-state index in [9.17, 15) is 0 Å². The maximum Gasteiger partial charge on any atom is 0.125 e. The minimum absolute atomic E-state index is 0.0682. The van der Waals surface area contributed by atoms with Crippen LogP contribution in [0.1, 0.15) is 24.3 Å². The van der Waals surface area contributed by atoms with Crippen molar-refractivity contribution in [2.24, 2.45) is 0 Å². The molecule has 1 heterocycles. The number of hydrogen-bond acceptors (Lipinski definition) is 2. The third-order valence-electron chi connectivity index (χ3n) is 2.42. The number of halogens is 1. The standard InChI is InChI=1S/C13H14ClNO/c1-2-15-13(12-7-4-8-16-12)10-5-3-6-11(14)9-10/h3-9,13,15H,2H2,1H3. The summed E-state index contributed by atoms with van der Waals surface area (Å²) in [6.45, 7) is 2.94. The topological polar surface area (TPSA) is 25.2 Å². The summed E-state index contributed by atoms with van der Waals surface area (Å²) in [6.07, 6.45) is 1.68. The first kappa shape index (κ1) is 11.2. The molecule has 1 aromatic carbocycles. The van der Waals surface area contributed by atoms with Crippen LogP contribution < -0.4 is 5.32 Å². The van der Waals surface area contributed by atoms with Crippen molar-refractivity contribution in [2.75, 3.05) is 6.54 Å². The molecule has 0 aliphatic heterocycles. The first-order valence-electron chi connectivity index (χ1n) is 5.33. The van der Waals surface area contributed by atoms with Crippen molar-refractivity contribution < 1.29 is 4.42 Å². The molecule has 0 amide bonds. The summed E-state index contributed by atoms with van der Waals surface area (Å²) in [5, 5.41) is 4.12. The Balaban J connectivity index is 2.33. The van der Waals surface area contributed by atoms with Crippen LogP contribution in [0.25, 0.3) is 0 Å². The summed E-state index contributed by atoms with van der Waals surface area (Å²) >= 11 is 5.99. The van der Waals surface area contributed by atoms with Gasteiger partial charge in [-0.25, -0.2) is 0 Å². The highest BCUT2D eigenvalue weighted by Crippen LogP contribution is 2.24. The van der Waals surface area contributed by atoms with Gasteiger partial charge < -0.3 is 9.73 Å². The van der Waals surface area contributed by atoms with E-state index in [1.807, 2.05) is 36.4 Å². The molecule has 0 fully saturated rings. The molecular formula is C13H14ClNO. The van der Waals surface area contributed by atoms with Gasteiger partial charge >= 0.3 is 0 Å². The lowest BCUT2D eigenvalue weighted by Crippen LogP contribution is -2.21. The Bertz CT molecular complexity index is 439. The number of benzene rings is 1. The average Bonchev–Trinajstić information content (AvgIpc) is 2.79. The van der Waals surface area contributed by atoms with Crippen molar-refractivity contribution in [2.45, 2.75) is 13.0 Å². The van der Waals surface area contributed by atoms with E-state index in [0.29, 0.717) is 0 Å². The Morgan fingerprint density at radius 3 is 2.81 bits per heavy atom. The first-order chi connectivity index (χ1) is 7.81. The van der Waals surface area contributed by atoms with Crippen LogP contribution in [-0.2, 0) is 0 Å². The van der Waals surface area contributed by atoms with Gasteiger partial charge in [0.05, 0.1) is 12.3 Å². The maximum absolute atomic E-state index is 5.99. The average molecular weight is 236 g/mol. The molecule has 0 saturated carbocycles. The zero-order valence-electron chi connectivity index (χ0n) is 9.11. The smallest absolute Gasteiger partial charge is 0.125 e. The largest absolute Gasteiger partial charge is 0.467 e. The highest BCUT2D eigenvalue weighted by molar-refractivity contribution is 6.30. The molecule has 0 saturated heterocycles. The van der Waals surface area contributed by atoms with Crippen LogP contribution in [0.2, 0.25) is 5.02 Å². The zero-order valence-corrected chi connectivity index (χ0v) is 9.87. The molecule has 1 N–H and O–H groups in total. The maximum atomic E-state index is 5.99. The normalized spacial score (nSPS) is 12.6. The lowest BCUT2D eigenvalue weighted by Gasteiger charge is -2.16. The summed E-state index contributed by atoms with van der Waals surface area (Å²) in [4.78, 5) is 0. The SMILES string of the molecule is CCNC(c1cccc(Cl)c1)c1ccco1. The molecule has 84 valence electrons. The van der Waals surface area contributed by atoms with Gasteiger partial charge in [-0.05, 0) is 36.4 Å². The summed E-state index contributed by atoms with van der Waals surface area (Å²) in [6, 6.07) is 11.7. The van der Waals surface area contributed by atoms with Crippen LogP contribution in [0.5, 0.6) is 0 Å². The second kappa shape index (κ2) is 5.19. The number of hydrogen-bond donors (Lipinski definition) is 1. The van der Waals surface area contributed by atoms with Crippen molar-refractivity contribution >= 4 is 11.6 Å². The molecule has 2 rings (SSSR count). The number of nitrogens with one attached hydrogen (secondary N) is 1. The van der Waals surface area contributed by atoms with Gasteiger partial charge in [0.2, 0.25) is 0 Å². The molecule has 2 nitrogen and oxygen atoms in total. The lowest BCUT2D eigenvalue weighted by atomic mass is 10.0. The molecular weight excluding hydrogens is 222 g/mol. The third-order valence-corrected chi connectivity index (χ3v) is 2.65. The molecule has 0 bridgehead atoms. The van der Waals surface area contributed by atoms with E-state index in [4.69, 9.17) is 16.0 Å². The highest BCUT2D eigenvalue weighted by Gasteiger charge is 2.15. The molecule has 0 spiro atoms. The minimum atomic E-state index is 0.0682. The van der Waals surface area contributed by atoms with Crippen LogP contribution in [0.3, 0.4) is 0 Å². The fraction of sp³-hybridized carbons (Fsp3) is 0.231. The van der Waals surface area contributed by atoms with E-state index in [0.717, 1.165) is 22.9 Å². The molecule has 0 aliphatic carbocycles. The molecule has 0 radical (unpaired) electrons. The Hall–Kier alpha value is -1.25. The molecule has 3 heteroatoms. The second-order valence-corrected chi connectivity index (χ2v) is 4.00. The van der Waals surface area contributed by atoms with Gasteiger partial charge in [0, 0.05) is 5.02 Å². The van der Waals surface area contributed by atoms with Gasteiger partial charge in [0.1, 0.15) is 5.76 Å². The van der Waals surface area contributed by atoms with Gasteiger partial charge in [0.25, 0.3) is 0 Å². The molecule has 1 unspecified atom stereocenters. The van der Waals surface area contributed by atoms with E-state index < -0.39 is 0 Å². The zero-order chi connectivity index (χ0) is 11.4. The molecule has 1 atom stereocenters. The summed E-state index contributed by atoms with van der Waals surface area (Å²) in [5.41, 5.74) is 1.12. The quantitative estimate of drug-likeness (QED) is 0.876. The highest BCUT2D eigenvalue weighted by atomic mass is 35.5. The Labute approximate surface area is 100 Å². The summed E-state index contributed by atoms with van der Waals surface area (Å²) in [7, 11) is 0. The molecule has 16 heavy (non-hydrogen) atoms. The van der Waals surface area contributed by atoms with Crippen LogP contribution in [0, 0.1) is 0 Å². The Morgan fingerprint density at radius 2 is 2.19 bits per heavy atom.